The predicted molar refractivity (Wildman–Crippen MR) is 73.2 cm³/mol. The van der Waals surface area contributed by atoms with Crippen LogP contribution < -0.4 is 0 Å². The third-order valence-corrected chi connectivity index (χ3v) is 3.46. The molecule has 0 aliphatic rings. The predicted octanol–water partition coefficient (Wildman–Crippen LogP) is 3.70. The lowest BCUT2D eigenvalue weighted by Gasteiger charge is -2.17. The number of rotatable bonds is 3. The molecule has 0 bridgehead atoms. The molecule has 0 N–H and O–H groups in total. The van der Waals surface area contributed by atoms with Gasteiger partial charge in [-0.2, -0.15) is 0 Å². The summed E-state index contributed by atoms with van der Waals surface area (Å²) in [5.74, 6) is -0.134. The van der Waals surface area contributed by atoms with Gasteiger partial charge < -0.3 is 9.16 Å². The lowest BCUT2D eigenvalue weighted by molar-refractivity contribution is -0.150. The van der Waals surface area contributed by atoms with Crippen LogP contribution in [0.15, 0.2) is 0 Å². The first-order valence-electron chi connectivity index (χ1n) is 5.24. The van der Waals surface area contributed by atoms with Crippen LogP contribution in [0.1, 0.15) is 34.6 Å². The van der Waals surface area contributed by atoms with Gasteiger partial charge in [0.1, 0.15) is 0 Å². The Morgan fingerprint density at radius 3 is 1.56 bits per heavy atom. The van der Waals surface area contributed by atoms with Crippen molar-refractivity contribution < 1.29 is 14.0 Å². The van der Waals surface area contributed by atoms with E-state index in [4.69, 9.17) is 4.43 Å². The van der Waals surface area contributed by atoms with Crippen LogP contribution in [-0.2, 0) is 14.0 Å². The third-order valence-electron chi connectivity index (χ3n) is 2.23. The quantitative estimate of drug-likeness (QED) is 0.566. The molecular formula is C12H30O3Si. The molecule has 0 aromatic heterocycles. The molecule has 0 saturated heterocycles. The summed E-state index contributed by atoms with van der Waals surface area (Å²) in [7, 11) is 2.06. The molecule has 4 heteroatoms. The van der Waals surface area contributed by atoms with Gasteiger partial charge in [-0.25, -0.2) is 0 Å². The zero-order valence-corrected chi connectivity index (χ0v) is 12.4. The standard InChI is InChI=1S/C7H14O2.C4H12OSi.CH4/c1-5-7(2,3)6(8)9-4;1-5-6(2,3)4;/h5H2,1-4H3;1-4H3;1H4. The minimum absolute atomic E-state index is 0. The Bertz CT molecular complexity index is 183. The molecule has 0 rings (SSSR count). The van der Waals surface area contributed by atoms with Gasteiger partial charge in [0.15, 0.2) is 8.32 Å². The number of hydrogen-bond donors (Lipinski definition) is 0. The number of ether oxygens (including phenoxy) is 1. The van der Waals surface area contributed by atoms with E-state index in [0.29, 0.717) is 0 Å². The number of esters is 1. The van der Waals surface area contributed by atoms with Crippen molar-refractivity contribution in [2.24, 2.45) is 5.41 Å². The molecule has 0 heterocycles. The molecule has 0 radical (unpaired) electrons. The summed E-state index contributed by atoms with van der Waals surface area (Å²) in [6.45, 7) is 12.2. The zero-order chi connectivity index (χ0) is 12.7. The van der Waals surface area contributed by atoms with Gasteiger partial charge in [-0.1, -0.05) is 14.4 Å². The van der Waals surface area contributed by atoms with Crippen molar-refractivity contribution in [1.29, 1.82) is 0 Å². The first kappa shape index (κ1) is 21.0. The highest BCUT2D eigenvalue weighted by Gasteiger charge is 2.25. The first-order chi connectivity index (χ1) is 6.60. The summed E-state index contributed by atoms with van der Waals surface area (Å²) >= 11 is 0. The molecule has 0 unspecified atom stereocenters. The van der Waals surface area contributed by atoms with Gasteiger partial charge in [0.2, 0.25) is 0 Å². The van der Waals surface area contributed by atoms with Crippen LogP contribution in [-0.4, -0.2) is 28.5 Å². The second kappa shape index (κ2) is 8.76. The van der Waals surface area contributed by atoms with E-state index in [9.17, 15) is 4.79 Å². The molecule has 0 aliphatic heterocycles. The first-order valence-corrected chi connectivity index (χ1v) is 8.65. The van der Waals surface area contributed by atoms with Crippen molar-refractivity contribution in [3.05, 3.63) is 0 Å². The fourth-order valence-electron chi connectivity index (χ4n) is 0.421. The van der Waals surface area contributed by atoms with E-state index < -0.39 is 8.32 Å². The van der Waals surface area contributed by atoms with Crippen molar-refractivity contribution >= 4 is 14.3 Å². The molecule has 0 aromatic rings. The molecule has 0 aromatic carbocycles. The van der Waals surface area contributed by atoms with Gasteiger partial charge >= 0.3 is 5.97 Å². The summed E-state index contributed by atoms with van der Waals surface area (Å²) < 4.78 is 9.64. The number of carbonyl (C=O) groups is 1. The van der Waals surface area contributed by atoms with Gasteiger partial charge in [0.05, 0.1) is 12.5 Å². The van der Waals surface area contributed by atoms with Crippen LogP contribution in [0.5, 0.6) is 0 Å². The van der Waals surface area contributed by atoms with Crippen molar-refractivity contribution in [2.45, 2.75) is 54.3 Å². The Hall–Kier alpha value is -0.353. The van der Waals surface area contributed by atoms with Crippen LogP contribution in [0.2, 0.25) is 19.6 Å². The van der Waals surface area contributed by atoms with Crippen LogP contribution in [0.25, 0.3) is 0 Å². The molecule has 0 fully saturated rings. The molecule has 0 saturated carbocycles. The molecule has 0 amide bonds. The lowest BCUT2D eigenvalue weighted by Crippen LogP contribution is -2.24. The van der Waals surface area contributed by atoms with E-state index >= 15 is 0 Å². The fraction of sp³-hybridized carbons (Fsp3) is 0.917. The van der Waals surface area contributed by atoms with Gasteiger partial charge in [-0.05, 0) is 39.9 Å². The second-order valence-corrected chi connectivity index (χ2v) is 9.68. The van der Waals surface area contributed by atoms with Crippen LogP contribution >= 0.6 is 0 Å². The average Bonchev–Trinajstić information content (AvgIpc) is 2.16. The van der Waals surface area contributed by atoms with Crippen LogP contribution in [0, 0.1) is 5.41 Å². The van der Waals surface area contributed by atoms with E-state index in [1.807, 2.05) is 20.8 Å². The smallest absolute Gasteiger partial charge is 0.311 e. The molecule has 0 atom stereocenters. The summed E-state index contributed by atoms with van der Waals surface area (Å²) in [6, 6.07) is 0. The molecule has 0 aliphatic carbocycles. The van der Waals surface area contributed by atoms with Gasteiger partial charge in [-0.15, -0.1) is 0 Å². The van der Waals surface area contributed by atoms with Crippen LogP contribution in [0.4, 0.5) is 0 Å². The van der Waals surface area contributed by atoms with Gasteiger partial charge in [0, 0.05) is 7.11 Å². The SMILES string of the molecule is C.CCC(C)(C)C(=O)OC.CO[Si](C)(C)C. The number of methoxy groups -OCH3 is 1. The zero-order valence-electron chi connectivity index (χ0n) is 11.4. The minimum atomic E-state index is -1.13. The number of hydrogen-bond acceptors (Lipinski definition) is 3. The highest BCUT2D eigenvalue weighted by molar-refractivity contribution is 6.69. The van der Waals surface area contributed by atoms with E-state index in [1.54, 1.807) is 7.11 Å². The van der Waals surface area contributed by atoms with Gasteiger partial charge in [-0.3, -0.25) is 4.79 Å². The van der Waals surface area contributed by atoms with Crippen molar-refractivity contribution in [2.75, 3.05) is 14.2 Å². The summed E-state index contributed by atoms with van der Waals surface area (Å²) in [6.07, 6.45) is 0.819. The van der Waals surface area contributed by atoms with Crippen molar-refractivity contribution in [1.82, 2.24) is 0 Å². The minimum Gasteiger partial charge on any atom is -0.469 e. The van der Waals surface area contributed by atoms with E-state index in [2.05, 4.69) is 24.4 Å². The number of carbonyl (C=O) groups excluding carboxylic acids is 1. The maximum atomic E-state index is 10.8. The molecule has 3 nitrogen and oxygen atoms in total. The van der Waals surface area contributed by atoms with E-state index in [0.717, 1.165) is 6.42 Å². The third kappa shape index (κ3) is 11.7. The molecule has 16 heavy (non-hydrogen) atoms. The summed E-state index contributed by atoms with van der Waals surface area (Å²) in [5, 5.41) is 0. The Morgan fingerprint density at radius 2 is 1.50 bits per heavy atom. The monoisotopic (exact) mass is 250 g/mol. The largest absolute Gasteiger partial charge is 0.469 e. The molecule has 100 valence electrons. The second-order valence-electron chi connectivity index (χ2n) is 5.05. The Labute approximate surface area is 103 Å². The highest BCUT2D eigenvalue weighted by Crippen LogP contribution is 2.20. The highest BCUT2D eigenvalue weighted by atomic mass is 28.4. The van der Waals surface area contributed by atoms with Crippen molar-refractivity contribution in [3.8, 4) is 0 Å². The van der Waals surface area contributed by atoms with Gasteiger partial charge in [0.25, 0.3) is 0 Å². The molecular weight excluding hydrogens is 220 g/mol. The molecule has 0 spiro atoms. The van der Waals surface area contributed by atoms with E-state index in [-0.39, 0.29) is 18.8 Å². The normalized spacial score (nSPS) is 10.8. The summed E-state index contributed by atoms with van der Waals surface area (Å²) in [4.78, 5) is 10.8. The average molecular weight is 250 g/mol. The Balaban J connectivity index is -0.000000214. The fourth-order valence-corrected chi connectivity index (χ4v) is 0.421. The van der Waals surface area contributed by atoms with E-state index in [1.165, 1.54) is 7.11 Å². The Morgan fingerprint density at radius 1 is 1.19 bits per heavy atom. The topological polar surface area (TPSA) is 35.5 Å². The van der Waals surface area contributed by atoms with Crippen molar-refractivity contribution in [3.63, 3.8) is 0 Å². The van der Waals surface area contributed by atoms with Crippen LogP contribution in [0.3, 0.4) is 0 Å². The Kier molecular flexibility index (Phi) is 11.5. The maximum Gasteiger partial charge on any atom is 0.311 e. The maximum absolute atomic E-state index is 10.8. The summed E-state index contributed by atoms with van der Waals surface area (Å²) in [5.41, 5.74) is -0.311. The lowest BCUT2D eigenvalue weighted by atomic mass is 9.91.